The summed E-state index contributed by atoms with van der Waals surface area (Å²) in [5, 5.41) is 11.1. The number of ether oxygens (including phenoxy) is 1. The summed E-state index contributed by atoms with van der Waals surface area (Å²) in [5.41, 5.74) is 3.63. The molecule has 5 heteroatoms. The van der Waals surface area contributed by atoms with E-state index in [9.17, 15) is 9.90 Å². The van der Waals surface area contributed by atoms with Crippen LogP contribution in [0.1, 0.15) is 18.4 Å². The number of amides is 1. The van der Waals surface area contributed by atoms with E-state index in [1.807, 2.05) is 30.3 Å². The van der Waals surface area contributed by atoms with Gasteiger partial charge in [-0.15, -0.1) is 0 Å². The van der Waals surface area contributed by atoms with E-state index in [0.717, 1.165) is 5.56 Å². The van der Waals surface area contributed by atoms with Crippen LogP contribution >= 0.6 is 0 Å². The molecule has 2 rings (SSSR count). The number of rotatable bonds is 3. The van der Waals surface area contributed by atoms with Crippen LogP contribution in [0.5, 0.6) is 0 Å². The summed E-state index contributed by atoms with van der Waals surface area (Å²) in [4.78, 5) is 11.5. The normalized spacial score (nSPS) is 17.4. The summed E-state index contributed by atoms with van der Waals surface area (Å²) >= 11 is 0. The average Bonchev–Trinajstić information content (AvgIpc) is 2.40. The molecule has 0 bridgehead atoms. The SMILES string of the molecule is O=C(NN1CCC(O)CC1)OCc1ccccc1. The van der Waals surface area contributed by atoms with Crippen LogP contribution in [0.4, 0.5) is 4.79 Å². The largest absolute Gasteiger partial charge is 0.444 e. The monoisotopic (exact) mass is 250 g/mol. The Morgan fingerprint density at radius 2 is 2.00 bits per heavy atom. The van der Waals surface area contributed by atoms with Gasteiger partial charge in [0.05, 0.1) is 6.10 Å². The molecule has 1 heterocycles. The molecule has 0 aromatic heterocycles. The lowest BCUT2D eigenvalue weighted by Gasteiger charge is -2.29. The molecule has 0 unspecified atom stereocenters. The number of aliphatic hydroxyl groups is 1. The van der Waals surface area contributed by atoms with E-state index in [-0.39, 0.29) is 12.7 Å². The van der Waals surface area contributed by atoms with Crippen LogP contribution in [-0.2, 0) is 11.3 Å². The van der Waals surface area contributed by atoms with Crippen molar-refractivity contribution in [1.82, 2.24) is 10.4 Å². The lowest BCUT2D eigenvalue weighted by Crippen LogP contribution is -2.47. The Labute approximate surface area is 106 Å². The predicted molar refractivity (Wildman–Crippen MR) is 66.6 cm³/mol. The van der Waals surface area contributed by atoms with Crippen molar-refractivity contribution in [3.8, 4) is 0 Å². The topological polar surface area (TPSA) is 61.8 Å². The lowest BCUT2D eigenvalue weighted by molar-refractivity contribution is 0.0459. The van der Waals surface area contributed by atoms with E-state index in [1.165, 1.54) is 0 Å². The molecular formula is C13H18N2O3. The molecule has 1 aromatic carbocycles. The van der Waals surface area contributed by atoms with E-state index >= 15 is 0 Å². The second-order valence-corrected chi connectivity index (χ2v) is 4.39. The first-order valence-corrected chi connectivity index (χ1v) is 6.14. The van der Waals surface area contributed by atoms with Gasteiger partial charge >= 0.3 is 6.09 Å². The van der Waals surface area contributed by atoms with E-state index < -0.39 is 6.09 Å². The molecular weight excluding hydrogens is 232 g/mol. The number of nitrogens with zero attached hydrogens (tertiary/aromatic N) is 1. The fourth-order valence-corrected chi connectivity index (χ4v) is 1.86. The van der Waals surface area contributed by atoms with E-state index in [4.69, 9.17) is 4.74 Å². The fourth-order valence-electron chi connectivity index (χ4n) is 1.86. The predicted octanol–water partition coefficient (Wildman–Crippen LogP) is 1.28. The molecule has 1 amide bonds. The average molecular weight is 250 g/mol. The van der Waals surface area contributed by atoms with Gasteiger partial charge in [0.2, 0.25) is 0 Å². The minimum Gasteiger partial charge on any atom is -0.444 e. The van der Waals surface area contributed by atoms with E-state index in [0.29, 0.717) is 25.9 Å². The standard InChI is InChI=1S/C13H18N2O3/c16-12-6-8-15(9-7-12)14-13(17)18-10-11-4-2-1-3-5-11/h1-5,12,16H,6-10H2,(H,14,17). The second kappa shape index (κ2) is 6.37. The Hall–Kier alpha value is -1.59. The molecule has 1 saturated heterocycles. The minimum atomic E-state index is -0.449. The number of hydrazine groups is 1. The number of carbonyl (C=O) groups excluding carboxylic acids is 1. The van der Waals surface area contributed by atoms with Gasteiger partial charge in [0, 0.05) is 13.1 Å². The Kier molecular flexibility index (Phi) is 4.55. The summed E-state index contributed by atoms with van der Waals surface area (Å²) in [6, 6.07) is 9.54. The highest BCUT2D eigenvalue weighted by molar-refractivity contribution is 5.66. The third-order valence-electron chi connectivity index (χ3n) is 2.93. The van der Waals surface area contributed by atoms with Crippen LogP contribution in [0.3, 0.4) is 0 Å². The maximum Gasteiger partial charge on any atom is 0.422 e. The fraction of sp³-hybridized carbons (Fsp3) is 0.462. The minimum absolute atomic E-state index is 0.247. The number of hydrogen-bond donors (Lipinski definition) is 2. The molecule has 1 aliphatic rings. The molecule has 1 aromatic rings. The molecule has 0 saturated carbocycles. The molecule has 0 atom stereocenters. The number of hydrogen-bond acceptors (Lipinski definition) is 4. The molecule has 0 spiro atoms. The highest BCUT2D eigenvalue weighted by Crippen LogP contribution is 2.07. The first kappa shape index (κ1) is 12.9. The summed E-state index contributed by atoms with van der Waals surface area (Å²) in [5.74, 6) is 0. The van der Waals surface area contributed by atoms with Crippen LogP contribution in [0.25, 0.3) is 0 Å². The number of benzene rings is 1. The third kappa shape index (κ3) is 4.01. The van der Waals surface area contributed by atoms with Crippen molar-refractivity contribution in [2.75, 3.05) is 13.1 Å². The van der Waals surface area contributed by atoms with Crippen molar-refractivity contribution in [2.24, 2.45) is 0 Å². The summed E-state index contributed by atoms with van der Waals surface area (Å²) in [6.07, 6.45) is 0.663. The quantitative estimate of drug-likeness (QED) is 0.848. The van der Waals surface area contributed by atoms with Crippen molar-refractivity contribution in [1.29, 1.82) is 0 Å². The van der Waals surface area contributed by atoms with Crippen molar-refractivity contribution in [2.45, 2.75) is 25.6 Å². The van der Waals surface area contributed by atoms with Crippen molar-refractivity contribution >= 4 is 6.09 Å². The Morgan fingerprint density at radius 3 is 2.67 bits per heavy atom. The molecule has 1 aliphatic heterocycles. The van der Waals surface area contributed by atoms with Crippen LogP contribution in [0.15, 0.2) is 30.3 Å². The molecule has 0 radical (unpaired) electrons. The molecule has 2 N–H and O–H groups in total. The highest BCUT2D eigenvalue weighted by Gasteiger charge is 2.18. The van der Waals surface area contributed by atoms with Crippen LogP contribution < -0.4 is 5.43 Å². The molecule has 5 nitrogen and oxygen atoms in total. The number of nitrogens with one attached hydrogen (secondary N) is 1. The number of piperidine rings is 1. The smallest absolute Gasteiger partial charge is 0.422 e. The van der Waals surface area contributed by atoms with Gasteiger partial charge in [-0.1, -0.05) is 30.3 Å². The molecule has 18 heavy (non-hydrogen) atoms. The highest BCUT2D eigenvalue weighted by atomic mass is 16.6. The van der Waals surface area contributed by atoms with Crippen molar-refractivity contribution < 1.29 is 14.6 Å². The Balaban J connectivity index is 1.69. The summed E-state index contributed by atoms with van der Waals surface area (Å²) in [7, 11) is 0. The van der Waals surface area contributed by atoms with Gasteiger partial charge in [-0.25, -0.2) is 9.80 Å². The summed E-state index contributed by atoms with van der Waals surface area (Å²) in [6.45, 7) is 1.58. The van der Waals surface area contributed by atoms with Crippen LogP contribution in [-0.4, -0.2) is 35.4 Å². The van der Waals surface area contributed by atoms with E-state index in [2.05, 4.69) is 5.43 Å². The second-order valence-electron chi connectivity index (χ2n) is 4.39. The maximum absolute atomic E-state index is 11.5. The van der Waals surface area contributed by atoms with Gasteiger partial charge in [0.15, 0.2) is 0 Å². The van der Waals surface area contributed by atoms with Crippen molar-refractivity contribution in [3.63, 3.8) is 0 Å². The zero-order chi connectivity index (χ0) is 12.8. The number of aliphatic hydroxyl groups excluding tert-OH is 1. The first-order chi connectivity index (χ1) is 8.74. The van der Waals surface area contributed by atoms with Gasteiger partial charge < -0.3 is 9.84 Å². The van der Waals surface area contributed by atoms with Gasteiger partial charge in [-0.3, -0.25) is 5.43 Å². The maximum atomic E-state index is 11.5. The van der Waals surface area contributed by atoms with Crippen LogP contribution in [0, 0.1) is 0 Å². The van der Waals surface area contributed by atoms with Crippen molar-refractivity contribution in [3.05, 3.63) is 35.9 Å². The van der Waals surface area contributed by atoms with Gasteiger partial charge in [-0.05, 0) is 18.4 Å². The van der Waals surface area contributed by atoms with Gasteiger partial charge in [0.25, 0.3) is 0 Å². The zero-order valence-electron chi connectivity index (χ0n) is 10.2. The Bertz CT molecular complexity index is 375. The third-order valence-corrected chi connectivity index (χ3v) is 2.93. The first-order valence-electron chi connectivity index (χ1n) is 6.14. The summed E-state index contributed by atoms with van der Waals surface area (Å²) < 4.78 is 5.10. The molecule has 98 valence electrons. The lowest BCUT2D eigenvalue weighted by atomic mass is 10.1. The van der Waals surface area contributed by atoms with Crippen LogP contribution in [0.2, 0.25) is 0 Å². The molecule has 0 aliphatic carbocycles. The Morgan fingerprint density at radius 1 is 1.33 bits per heavy atom. The van der Waals surface area contributed by atoms with Gasteiger partial charge in [-0.2, -0.15) is 0 Å². The van der Waals surface area contributed by atoms with E-state index in [1.54, 1.807) is 5.01 Å². The zero-order valence-corrected chi connectivity index (χ0v) is 10.2. The number of carbonyl (C=O) groups is 1. The molecule has 1 fully saturated rings. The van der Waals surface area contributed by atoms with Gasteiger partial charge in [0.1, 0.15) is 6.61 Å².